The van der Waals surface area contributed by atoms with Crippen molar-refractivity contribution in [3.05, 3.63) is 57.8 Å². The molecule has 0 bridgehead atoms. The summed E-state index contributed by atoms with van der Waals surface area (Å²) in [5.74, 6) is 0.346. The predicted molar refractivity (Wildman–Crippen MR) is 98.4 cm³/mol. The van der Waals surface area contributed by atoms with Gasteiger partial charge in [0, 0.05) is 25.4 Å². The number of nitrogens with one attached hydrogen (secondary N) is 1. The van der Waals surface area contributed by atoms with Crippen molar-refractivity contribution in [2.45, 2.75) is 38.6 Å². The van der Waals surface area contributed by atoms with Crippen LogP contribution < -0.4 is 11.1 Å². The molecule has 0 spiro atoms. The molecular weight excluding hydrogens is 320 g/mol. The van der Waals surface area contributed by atoms with Crippen LogP contribution >= 0.6 is 11.3 Å². The molecule has 1 atom stereocenters. The molecular formula is C19H24N2O2S. The number of benzene rings is 1. The highest BCUT2D eigenvalue weighted by Gasteiger charge is 2.12. The largest absolute Gasteiger partial charge is 0.354 e. The number of amides is 1. The molecule has 0 radical (unpaired) electrons. The summed E-state index contributed by atoms with van der Waals surface area (Å²) in [6.45, 7) is 4.66. The predicted octanol–water partition coefficient (Wildman–Crippen LogP) is 3.65. The Morgan fingerprint density at radius 3 is 2.33 bits per heavy atom. The van der Waals surface area contributed by atoms with Crippen molar-refractivity contribution in [2.24, 2.45) is 5.73 Å². The Morgan fingerprint density at radius 2 is 1.75 bits per heavy atom. The molecule has 0 aliphatic rings. The summed E-state index contributed by atoms with van der Waals surface area (Å²) < 4.78 is 0. The highest BCUT2D eigenvalue weighted by Crippen LogP contribution is 2.17. The van der Waals surface area contributed by atoms with Gasteiger partial charge in [-0.15, -0.1) is 11.3 Å². The zero-order valence-electron chi connectivity index (χ0n) is 14.1. The van der Waals surface area contributed by atoms with E-state index in [2.05, 4.69) is 31.3 Å². The lowest BCUT2D eigenvalue weighted by Crippen LogP contribution is -2.32. The number of hydrogen-bond acceptors (Lipinski definition) is 4. The maximum atomic E-state index is 11.9. The lowest BCUT2D eigenvalue weighted by Gasteiger charge is -2.14. The maximum absolute atomic E-state index is 11.9. The molecule has 0 fully saturated rings. The van der Waals surface area contributed by atoms with E-state index in [9.17, 15) is 9.59 Å². The van der Waals surface area contributed by atoms with Crippen molar-refractivity contribution in [3.8, 4) is 0 Å². The number of nitrogens with two attached hydrogens (primary N) is 1. The van der Waals surface area contributed by atoms with E-state index in [1.54, 1.807) is 6.07 Å². The molecule has 1 aromatic heterocycles. The Morgan fingerprint density at radius 1 is 1.08 bits per heavy atom. The zero-order valence-corrected chi connectivity index (χ0v) is 14.9. The summed E-state index contributed by atoms with van der Waals surface area (Å²) in [6, 6.07) is 11.5. The van der Waals surface area contributed by atoms with E-state index >= 15 is 0 Å². The van der Waals surface area contributed by atoms with E-state index in [1.807, 2.05) is 23.6 Å². The minimum atomic E-state index is -0.247. The van der Waals surface area contributed by atoms with Gasteiger partial charge in [-0.3, -0.25) is 9.59 Å². The fraction of sp³-hybridized carbons (Fsp3) is 0.368. The van der Waals surface area contributed by atoms with Crippen LogP contribution in [0.3, 0.4) is 0 Å². The first-order chi connectivity index (χ1) is 11.5. The molecule has 3 N–H and O–H groups in total. The van der Waals surface area contributed by atoms with Crippen LogP contribution in [-0.4, -0.2) is 18.2 Å². The van der Waals surface area contributed by atoms with Crippen LogP contribution in [0.1, 0.15) is 59.4 Å². The quantitative estimate of drug-likeness (QED) is 0.718. The van der Waals surface area contributed by atoms with E-state index in [0.717, 1.165) is 5.56 Å². The summed E-state index contributed by atoms with van der Waals surface area (Å²) in [5.41, 5.74) is 8.38. The maximum Gasteiger partial charge on any atom is 0.220 e. The highest BCUT2D eigenvalue weighted by molar-refractivity contribution is 7.12. The molecule has 0 aliphatic heterocycles. The van der Waals surface area contributed by atoms with Gasteiger partial charge in [0.05, 0.1) is 4.88 Å². The Kier molecular flexibility index (Phi) is 6.70. The SMILES string of the molecule is CC(C)c1ccc(C(N)CNC(=O)CCC(=O)c2cccs2)cc1. The van der Waals surface area contributed by atoms with Gasteiger partial charge < -0.3 is 11.1 Å². The molecule has 0 saturated carbocycles. The Balaban J connectivity index is 1.75. The van der Waals surface area contributed by atoms with Crippen LogP contribution in [0.15, 0.2) is 41.8 Å². The molecule has 4 nitrogen and oxygen atoms in total. The summed E-state index contributed by atoms with van der Waals surface area (Å²) in [4.78, 5) is 24.4. The number of Topliss-reactive ketones (excluding diaryl/α,β-unsaturated/α-hetero) is 1. The number of ketones is 1. The first-order valence-corrected chi connectivity index (χ1v) is 9.04. The van der Waals surface area contributed by atoms with E-state index < -0.39 is 0 Å². The number of carbonyl (C=O) groups excluding carboxylic acids is 2. The molecule has 1 unspecified atom stereocenters. The highest BCUT2D eigenvalue weighted by atomic mass is 32.1. The summed E-state index contributed by atoms with van der Waals surface area (Å²) in [7, 11) is 0. The van der Waals surface area contributed by atoms with E-state index in [4.69, 9.17) is 5.73 Å². The molecule has 24 heavy (non-hydrogen) atoms. The third-order valence-electron chi connectivity index (χ3n) is 3.93. The van der Waals surface area contributed by atoms with Gasteiger partial charge >= 0.3 is 0 Å². The molecule has 1 amide bonds. The molecule has 2 aromatic rings. The molecule has 0 aliphatic carbocycles. The average Bonchev–Trinajstić information content (AvgIpc) is 3.12. The monoisotopic (exact) mass is 344 g/mol. The first-order valence-electron chi connectivity index (χ1n) is 8.16. The van der Waals surface area contributed by atoms with E-state index in [0.29, 0.717) is 17.3 Å². The van der Waals surface area contributed by atoms with Crippen molar-refractivity contribution in [3.63, 3.8) is 0 Å². The summed E-state index contributed by atoms with van der Waals surface area (Å²) in [6.07, 6.45) is 0.417. The van der Waals surface area contributed by atoms with Crippen molar-refractivity contribution in [1.82, 2.24) is 5.32 Å². The Hall–Kier alpha value is -1.98. The van der Waals surface area contributed by atoms with Gasteiger partial charge in [0.1, 0.15) is 0 Å². The number of rotatable bonds is 8. The lowest BCUT2D eigenvalue weighted by atomic mass is 9.99. The van der Waals surface area contributed by atoms with Crippen LogP contribution in [-0.2, 0) is 4.79 Å². The molecule has 1 heterocycles. The van der Waals surface area contributed by atoms with E-state index in [1.165, 1.54) is 16.9 Å². The Labute approximate surface area is 147 Å². The fourth-order valence-electron chi connectivity index (χ4n) is 2.35. The van der Waals surface area contributed by atoms with Gasteiger partial charge in [0.15, 0.2) is 5.78 Å². The van der Waals surface area contributed by atoms with E-state index in [-0.39, 0.29) is 30.6 Å². The van der Waals surface area contributed by atoms with Gasteiger partial charge in [0.2, 0.25) is 5.91 Å². The summed E-state index contributed by atoms with van der Waals surface area (Å²) in [5, 5.41) is 4.66. The second kappa shape index (κ2) is 8.76. The van der Waals surface area contributed by atoms with Crippen LogP contribution in [0.2, 0.25) is 0 Å². The third-order valence-corrected chi connectivity index (χ3v) is 4.84. The van der Waals surface area contributed by atoms with Gasteiger partial charge in [-0.05, 0) is 28.5 Å². The Bertz CT molecular complexity index is 663. The molecule has 0 saturated heterocycles. The minimum Gasteiger partial charge on any atom is -0.354 e. The molecule has 128 valence electrons. The van der Waals surface area contributed by atoms with Gasteiger partial charge in [-0.25, -0.2) is 0 Å². The van der Waals surface area contributed by atoms with Crippen molar-refractivity contribution < 1.29 is 9.59 Å². The van der Waals surface area contributed by atoms with Gasteiger partial charge in [0.25, 0.3) is 0 Å². The topological polar surface area (TPSA) is 72.2 Å². The van der Waals surface area contributed by atoms with Crippen LogP contribution in [0.4, 0.5) is 0 Å². The second-order valence-electron chi connectivity index (χ2n) is 6.13. The molecule has 1 aromatic carbocycles. The lowest BCUT2D eigenvalue weighted by molar-refractivity contribution is -0.121. The second-order valence-corrected chi connectivity index (χ2v) is 7.08. The third kappa shape index (κ3) is 5.28. The average molecular weight is 344 g/mol. The smallest absolute Gasteiger partial charge is 0.220 e. The molecule has 5 heteroatoms. The summed E-state index contributed by atoms with van der Waals surface area (Å²) >= 11 is 1.40. The normalized spacial score (nSPS) is 12.2. The first kappa shape index (κ1) is 18.4. The number of carbonyl (C=O) groups is 2. The standard InChI is InChI=1S/C19H24N2O2S/c1-13(2)14-5-7-15(8-6-14)16(20)12-21-19(23)10-9-17(22)18-4-3-11-24-18/h3-8,11,13,16H,9-10,12,20H2,1-2H3,(H,21,23). The fourth-order valence-corrected chi connectivity index (χ4v) is 3.04. The molecule has 2 rings (SSSR count). The zero-order chi connectivity index (χ0) is 17.5. The van der Waals surface area contributed by atoms with Crippen molar-refractivity contribution in [2.75, 3.05) is 6.54 Å². The van der Waals surface area contributed by atoms with Gasteiger partial charge in [-0.1, -0.05) is 44.2 Å². The van der Waals surface area contributed by atoms with Crippen molar-refractivity contribution >= 4 is 23.0 Å². The van der Waals surface area contributed by atoms with Crippen LogP contribution in [0, 0.1) is 0 Å². The van der Waals surface area contributed by atoms with Crippen LogP contribution in [0.5, 0.6) is 0 Å². The number of thiophene rings is 1. The van der Waals surface area contributed by atoms with Gasteiger partial charge in [-0.2, -0.15) is 0 Å². The minimum absolute atomic E-state index is 0.00808. The number of hydrogen-bond donors (Lipinski definition) is 2. The van der Waals surface area contributed by atoms with Crippen LogP contribution in [0.25, 0.3) is 0 Å². The van der Waals surface area contributed by atoms with Crippen molar-refractivity contribution in [1.29, 1.82) is 0 Å².